The predicted octanol–water partition coefficient (Wildman–Crippen LogP) is -3.50. The molecule has 3 aromatic carbocycles. The van der Waals surface area contributed by atoms with E-state index in [9.17, 15) is 0 Å². The van der Waals surface area contributed by atoms with Gasteiger partial charge in [-0.15, -0.1) is 0 Å². The zero-order valence-electron chi connectivity index (χ0n) is 13.8. The molecule has 3 aromatic rings. The van der Waals surface area contributed by atoms with Gasteiger partial charge < -0.3 is 14.1 Å². The number of fused-ring (bicyclic) bond motifs is 4. The molecule has 0 nitrogen and oxygen atoms in total. The van der Waals surface area contributed by atoms with Crippen LogP contribution in [-0.4, -0.2) is 0 Å². The zero-order valence-corrected chi connectivity index (χ0v) is 17.4. The third-order valence-corrected chi connectivity index (χ3v) is 7.44. The van der Waals surface area contributed by atoms with E-state index < -0.39 is 0 Å². The summed E-state index contributed by atoms with van der Waals surface area (Å²) in [6.07, 6.45) is 2.45. The van der Waals surface area contributed by atoms with E-state index in [0.717, 1.165) is 24.4 Å². The molecule has 0 heterocycles. The van der Waals surface area contributed by atoms with Crippen LogP contribution in [0.3, 0.4) is 0 Å². The molecule has 0 aromatic heterocycles. The van der Waals surface area contributed by atoms with Crippen molar-refractivity contribution in [3.05, 3.63) is 101 Å². The van der Waals surface area contributed by atoms with Crippen molar-refractivity contribution in [2.75, 3.05) is 0 Å². The van der Waals surface area contributed by atoms with E-state index in [4.69, 9.17) is 0 Å². The fraction of sp³-hybridized carbons (Fsp3) is 0.0909. The molecule has 0 N–H and O–H groups in total. The number of rotatable bonds is 1. The van der Waals surface area contributed by atoms with E-state index in [2.05, 4.69) is 78.9 Å². The Labute approximate surface area is 165 Å². The molecule has 5 rings (SSSR count). The SMILES string of the molecule is [F-].[F-].[F-].[Hf+3][CH]1C(C2c3ccccc3-c3ccccc32)=Cc2ccccc21. The van der Waals surface area contributed by atoms with E-state index in [1.54, 1.807) is 5.57 Å². The predicted molar refractivity (Wildman–Crippen MR) is 90.9 cm³/mol. The molecule has 2 aliphatic rings. The molecule has 26 heavy (non-hydrogen) atoms. The summed E-state index contributed by atoms with van der Waals surface area (Å²) in [7, 11) is 0. The first-order chi connectivity index (χ1) is 11.3. The van der Waals surface area contributed by atoms with Crippen LogP contribution in [0.5, 0.6) is 0 Å². The number of benzene rings is 3. The normalized spacial score (nSPS) is 16.2. The molecule has 0 saturated heterocycles. The van der Waals surface area contributed by atoms with Crippen LogP contribution in [0.1, 0.15) is 31.8 Å². The Kier molecular flexibility index (Phi) is 6.07. The van der Waals surface area contributed by atoms with Gasteiger partial charge in [0.2, 0.25) is 0 Å². The van der Waals surface area contributed by atoms with Gasteiger partial charge in [0.05, 0.1) is 0 Å². The number of halogens is 3. The van der Waals surface area contributed by atoms with Crippen LogP contribution in [0, 0.1) is 0 Å². The second kappa shape index (κ2) is 7.75. The van der Waals surface area contributed by atoms with E-state index in [1.807, 2.05) is 0 Å². The van der Waals surface area contributed by atoms with Gasteiger partial charge in [-0.3, -0.25) is 0 Å². The van der Waals surface area contributed by atoms with E-state index in [1.165, 1.54) is 33.4 Å². The summed E-state index contributed by atoms with van der Waals surface area (Å²) >= 11 is 1.16. The second-order valence-corrected chi connectivity index (χ2v) is 8.39. The van der Waals surface area contributed by atoms with Gasteiger partial charge in [0, 0.05) is 0 Å². The van der Waals surface area contributed by atoms with Gasteiger partial charge in [0.25, 0.3) is 0 Å². The molecule has 0 spiro atoms. The number of hydrogen-bond donors (Lipinski definition) is 0. The molecule has 0 radical (unpaired) electrons. The molecule has 1 atom stereocenters. The summed E-state index contributed by atoms with van der Waals surface area (Å²) in [5, 5.41) is 0. The Morgan fingerprint density at radius 3 is 1.58 bits per heavy atom. The fourth-order valence-electron chi connectivity index (χ4n) is 4.11. The fourth-order valence-corrected chi connectivity index (χ4v) is 5.96. The van der Waals surface area contributed by atoms with Crippen molar-refractivity contribution in [2.24, 2.45) is 0 Å². The summed E-state index contributed by atoms with van der Waals surface area (Å²) < 4.78 is 0.621. The molecular weight excluding hydrogens is 500 g/mol. The molecule has 0 bridgehead atoms. The maximum atomic E-state index is 2.45. The van der Waals surface area contributed by atoms with Crippen molar-refractivity contribution in [1.29, 1.82) is 0 Å². The summed E-state index contributed by atoms with van der Waals surface area (Å²) in [4.78, 5) is 0. The Morgan fingerprint density at radius 1 is 0.577 bits per heavy atom. The van der Waals surface area contributed by atoms with Gasteiger partial charge in [-0.05, 0) is 0 Å². The minimum atomic E-state index is 0. The van der Waals surface area contributed by atoms with Crippen molar-refractivity contribution >= 4 is 6.08 Å². The summed E-state index contributed by atoms with van der Waals surface area (Å²) in [6, 6.07) is 26.8. The third kappa shape index (κ3) is 2.81. The quantitative estimate of drug-likeness (QED) is 0.296. The van der Waals surface area contributed by atoms with Crippen molar-refractivity contribution in [3.8, 4) is 11.1 Å². The average Bonchev–Trinajstić information content (AvgIpc) is 3.11. The molecule has 2 aliphatic carbocycles. The topological polar surface area (TPSA) is 0 Å². The molecule has 4 heteroatoms. The average molecular weight is 515 g/mol. The number of hydrogen-bond acceptors (Lipinski definition) is 0. The van der Waals surface area contributed by atoms with Crippen molar-refractivity contribution in [1.82, 2.24) is 0 Å². The van der Waals surface area contributed by atoms with Gasteiger partial charge in [0.15, 0.2) is 0 Å². The van der Waals surface area contributed by atoms with Gasteiger partial charge in [-0.25, -0.2) is 0 Å². The van der Waals surface area contributed by atoms with Crippen LogP contribution in [0.15, 0.2) is 78.4 Å². The zero-order chi connectivity index (χ0) is 15.4. The Hall–Kier alpha value is -1.94. The van der Waals surface area contributed by atoms with Crippen molar-refractivity contribution in [3.63, 3.8) is 0 Å². The molecule has 0 amide bonds. The van der Waals surface area contributed by atoms with Crippen LogP contribution in [-0.2, 0) is 24.4 Å². The van der Waals surface area contributed by atoms with Crippen LogP contribution in [0.4, 0.5) is 0 Å². The molecule has 1 unspecified atom stereocenters. The minimum absolute atomic E-state index is 0. The molecular formula is C22H15F3Hf. The van der Waals surface area contributed by atoms with Gasteiger partial charge in [0.1, 0.15) is 0 Å². The first-order valence-corrected chi connectivity index (χ1v) is 10.1. The Balaban J connectivity index is 0.000000810. The monoisotopic (exact) mass is 516 g/mol. The molecule has 128 valence electrons. The van der Waals surface area contributed by atoms with E-state index in [-0.39, 0.29) is 14.1 Å². The summed E-state index contributed by atoms with van der Waals surface area (Å²) in [5.74, 6) is 0.428. The van der Waals surface area contributed by atoms with Crippen molar-refractivity contribution in [2.45, 2.75) is 9.59 Å². The standard InChI is InChI=1S/C22H15.3FH.Hf/c1-2-8-16-14-17(13-15(16)7-1)22-20-11-5-3-9-18(20)19-10-4-6-12-21(19)22;;;;/h1-14,22H;3*1H;/q;;;;+3/p-3. The van der Waals surface area contributed by atoms with Gasteiger partial charge in [-0.2, -0.15) is 0 Å². The molecule has 0 aliphatic heterocycles. The Morgan fingerprint density at radius 2 is 1.04 bits per heavy atom. The van der Waals surface area contributed by atoms with Crippen LogP contribution in [0.25, 0.3) is 17.2 Å². The second-order valence-electron chi connectivity index (χ2n) is 6.31. The summed E-state index contributed by atoms with van der Waals surface area (Å²) in [5.41, 5.74) is 10.3. The van der Waals surface area contributed by atoms with Crippen LogP contribution >= 0.6 is 0 Å². The maximum absolute atomic E-state index is 2.45. The molecule has 0 fully saturated rings. The van der Waals surface area contributed by atoms with Gasteiger partial charge >= 0.3 is 152 Å². The third-order valence-electron chi connectivity index (χ3n) is 5.13. The molecule has 0 saturated carbocycles. The first kappa shape index (κ1) is 20.4. The van der Waals surface area contributed by atoms with Crippen LogP contribution in [0.2, 0.25) is 0 Å². The van der Waals surface area contributed by atoms with E-state index >= 15 is 0 Å². The van der Waals surface area contributed by atoms with Crippen molar-refractivity contribution < 1.29 is 38.5 Å². The number of allylic oxidation sites excluding steroid dienone is 1. The Bertz CT molecular complexity index is 919. The van der Waals surface area contributed by atoms with E-state index in [0.29, 0.717) is 9.59 Å². The van der Waals surface area contributed by atoms with Crippen LogP contribution < -0.4 is 14.1 Å². The summed E-state index contributed by atoms with van der Waals surface area (Å²) in [6.45, 7) is 0. The first-order valence-electron chi connectivity index (χ1n) is 8.04. The van der Waals surface area contributed by atoms with Gasteiger partial charge in [-0.1, -0.05) is 0 Å².